The molecular weight excluding hydrogens is 282 g/mol. The zero-order valence-corrected chi connectivity index (χ0v) is 13.3. The molecule has 1 atom stereocenters. The molecule has 2 rings (SSSR count). The number of carbonyl (C=O) groups is 1. The fourth-order valence-electron chi connectivity index (χ4n) is 2.77. The van der Waals surface area contributed by atoms with Gasteiger partial charge in [-0.05, 0) is 48.7 Å². The highest BCUT2D eigenvalue weighted by Gasteiger charge is 2.20. The van der Waals surface area contributed by atoms with E-state index in [1.165, 1.54) is 11.5 Å². The molecule has 1 fully saturated rings. The van der Waals surface area contributed by atoms with Crippen molar-refractivity contribution in [3.8, 4) is 0 Å². The van der Waals surface area contributed by atoms with Crippen LogP contribution in [0.2, 0.25) is 0 Å². The van der Waals surface area contributed by atoms with Crippen molar-refractivity contribution in [2.75, 3.05) is 18.1 Å². The van der Waals surface area contributed by atoms with Gasteiger partial charge in [0.15, 0.2) is 0 Å². The Labute approximate surface area is 131 Å². The molecule has 1 aliphatic heterocycles. The number of amides is 1. The summed E-state index contributed by atoms with van der Waals surface area (Å²) < 4.78 is 0. The second-order valence-electron chi connectivity index (χ2n) is 5.66. The fourth-order valence-corrected chi connectivity index (χ4v) is 3.97. The zero-order chi connectivity index (χ0) is 14.9. The predicted molar refractivity (Wildman–Crippen MR) is 88.3 cm³/mol. The van der Waals surface area contributed by atoms with E-state index < -0.39 is 0 Å². The molecule has 1 aromatic rings. The molecule has 0 radical (unpaired) electrons. The predicted octanol–water partition coefficient (Wildman–Crippen LogP) is 3.15. The van der Waals surface area contributed by atoms with Crippen LogP contribution in [0.5, 0.6) is 0 Å². The van der Waals surface area contributed by atoms with Gasteiger partial charge in [-0.25, -0.2) is 0 Å². The number of aliphatic hydroxyl groups excluding tert-OH is 1. The van der Waals surface area contributed by atoms with Gasteiger partial charge in [-0.1, -0.05) is 30.3 Å². The Morgan fingerprint density at radius 1 is 1.29 bits per heavy atom. The highest BCUT2D eigenvalue weighted by atomic mass is 32.2. The molecule has 1 aliphatic rings. The molecule has 1 heterocycles. The number of hydrogen-bond acceptors (Lipinski definition) is 3. The van der Waals surface area contributed by atoms with E-state index in [4.69, 9.17) is 5.11 Å². The van der Waals surface area contributed by atoms with E-state index in [1.807, 2.05) is 42.1 Å². The van der Waals surface area contributed by atoms with Crippen LogP contribution >= 0.6 is 11.8 Å². The maximum atomic E-state index is 12.3. The average molecular weight is 307 g/mol. The molecular formula is C17H25NO2S. The molecule has 116 valence electrons. The Balaban J connectivity index is 1.89. The number of aliphatic hydroxyl groups is 1. The number of benzene rings is 1. The topological polar surface area (TPSA) is 49.3 Å². The Morgan fingerprint density at radius 3 is 2.67 bits per heavy atom. The van der Waals surface area contributed by atoms with Crippen molar-refractivity contribution in [1.29, 1.82) is 0 Å². The number of carbonyl (C=O) groups excluding carboxylic acids is 1. The van der Waals surface area contributed by atoms with Crippen LogP contribution in [0.4, 0.5) is 0 Å². The Kier molecular flexibility index (Phi) is 7.10. The number of thioether (sulfide) groups is 1. The summed E-state index contributed by atoms with van der Waals surface area (Å²) in [6.45, 7) is 0.166. The van der Waals surface area contributed by atoms with Gasteiger partial charge >= 0.3 is 0 Å². The molecule has 0 aliphatic carbocycles. The number of nitrogens with one attached hydrogen (secondary N) is 1. The van der Waals surface area contributed by atoms with Crippen LogP contribution in [0.1, 0.15) is 43.7 Å². The summed E-state index contributed by atoms with van der Waals surface area (Å²) in [5.74, 6) is 3.06. The average Bonchev–Trinajstić information content (AvgIpc) is 2.53. The third-order valence-electron chi connectivity index (χ3n) is 4.00. The van der Waals surface area contributed by atoms with E-state index >= 15 is 0 Å². The minimum absolute atomic E-state index is 0.0174. The van der Waals surface area contributed by atoms with Crippen LogP contribution in [0.15, 0.2) is 30.3 Å². The summed E-state index contributed by atoms with van der Waals surface area (Å²) in [6, 6.07) is 10.1. The van der Waals surface area contributed by atoms with Gasteiger partial charge < -0.3 is 10.4 Å². The minimum atomic E-state index is 0.0174. The summed E-state index contributed by atoms with van der Waals surface area (Å²) in [5, 5.41) is 12.2. The standard InChI is InChI=1S/C17H25NO2S/c19-10-4-7-16(15-5-2-1-3-6-15)18-17(20)13-14-8-11-21-12-9-14/h1-3,5-6,14,16,19H,4,7-13H2,(H,18,20). The summed E-state index contributed by atoms with van der Waals surface area (Å²) in [4.78, 5) is 12.3. The third kappa shape index (κ3) is 5.71. The van der Waals surface area contributed by atoms with Crippen molar-refractivity contribution in [3.63, 3.8) is 0 Å². The molecule has 3 nitrogen and oxygen atoms in total. The molecule has 0 bridgehead atoms. The first-order valence-electron chi connectivity index (χ1n) is 7.82. The van der Waals surface area contributed by atoms with Gasteiger partial charge in [0.05, 0.1) is 6.04 Å². The third-order valence-corrected chi connectivity index (χ3v) is 5.05. The number of rotatable bonds is 7. The molecule has 1 amide bonds. The lowest BCUT2D eigenvalue weighted by atomic mass is 9.97. The molecule has 1 aromatic carbocycles. The summed E-state index contributed by atoms with van der Waals surface area (Å²) >= 11 is 1.99. The lowest BCUT2D eigenvalue weighted by Crippen LogP contribution is -2.31. The Bertz CT molecular complexity index is 418. The van der Waals surface area contributed by atoms with Crippen molar-refractivity contribution in [1.82, 2.24) is 5.32 Å². The van der Waals surface area contributed by atoms with Crippen molar-refractivity contribution in [3.05, 3.63) is 35.9 Å². The normalized spacial score (nSPS) is 17.4. The van der Waals surface area contributed by atoms with Crippen LogP contribution in [-0.2, 0) is 4.79 Å². The lowest BCUT2D eigenvalue weighted by molar-refractivity contribution is -0.122. The van der Waals surface area contributed by atoms with Gasteiger partial charge in [0.2, 0.25) is 5.91 Å². The van der Waals surface area contributed by atoms with Crippen molar-refractivity contribution in [2.24, 2.45) is 5.92 Å². The first kappa shape index (κ1) is 16.4. The maximum absolute atomic E-state index is 12.3. The van der Waals surface area contributed by atoms with Gasteiger partial charge in [-0.2, -0.15) is 11.8 Å². The van der Waals surface area contributed by atoms with Crippen LogP contribution in [0.25, 0.3) is 0 Å². The molecule has 21 heavy (non-hydrogen) atoms. The highest BCUT2D eigenvalue weighted by molar-refractivity contribution is 7.99. The monoisotopic (exact) mass is 307 g/mol. The van der Waals surface area contributed by atoms with E-state index in [2.05, 4.69) is 5.32 Å². The summed E-state index contributed by atoms with van der Waals surface area (Å²) in [5.41, 5.74) is 1.12. The summed E-state index contributed by atoms with van der Waals surface area (Å²) in [6.07, 6.45) is 4.45. The first-order valence-corrected chi connectivity index (χ1v) is 8.98. The van der Waals surface area contributed by atoms with Crippen LogP contribution in [0.3, 0.4) is 0 Å². The van der Waals surface area contributed by atoms with Crippen molar-refractivity contribution in [2.45, 2.75) is 38.1 Å². The summed E-state index contributed by atoms with van der Waals surface area (Å²) in [7, 11) is 0. The largest absolute Gasteiger partial charge is 0.396 e. The van der Waals surface area contributed by atoms with E-state index in [0.29, 0.717) is 18.8 Å². The van der Waals surface area contributed by atoms with Crippen LogP contribution in [0, 0.1) is 5.92 Å². The van der Waals surface area contributed by atoms with Gasteiger partial charge in [-0.15, -0.1) is 0 Å². The van der Waals surface area contributed by atoms with E-state index in [9.17, 15) is 4.79 Å². The zero-order valence-electron chi connectivity index (χ0n) is 12.5. The molecule has 0 spiro atoms. The SMILES string of the molecule is O=C(CC1CCSCC1)NC(CCCO)c1ccccc1. The van der Waals surface area contributed by atoms with E-state index in [-0.39, 0.29) is 18.6 Å². The quantitative estimate of drug-likeness (QED) is 0.813. The molecule has 1 unspecified atom stereocenters. The molecule has 2 N–H and O–H groups in total. The van der Waals surface area contributed by atoms with Crippen LogP contribution < -0.4 is 5.32 Å². The van der Waals surface area contributed by atoms with Gasteiger partial charge in [0, 0.05) is 13.0 Å². The van der Waals surface area contributed by atoms with Crippen molar-refractivity contribution < 1.29 is 9.90 Å². The Morgan fingerprint density at radius 2 is 2.00 bits per heavy atom. The molecule has 4 heteroatoms. The minimum Gasteiger partial charge on any atom is -0.396 e. The molecule has 0 saturated carbocycles. The highest BCUT2D eigenvalue weighted by Crippen LogP contribution is 2.26. The molecule has 0 aromatic heterocycles. The Hall–Kier alpha value is -1.00. The fraction of sp³-hybridized carbons (Fsp3) is 0.588. The smallest absolute Gasteiger partial charge is 0.220 e. The second kappa shape index (κ2) is 9.11. The second-order valence-corrected chi connectivity index (χ2v) is 6.88. The van der Waals surface area contributed by atoms with Crippen molar-refractivity contribution >= 4 is 17.7 Å². The first-order chi connectivity index (χ1) is 10.3. The molecule has 1 saturated heterocycles. The van der Waals surface area contributed by atoms with Gasteiger partial charge in [0.25, 0.3) is 0 Å². The van der Waals surface area contributed by atoms with E-state index in [0.717, 1.165) is 24.8 Å². The number of hydrogen-bond donors (Lipinski definition) is 2. The van der Waals surface area contributed by atoms with E-state index in [1.54, 1.807) is 0 Å². The maximum Gasteiger partial charge on any atom is 0.220 e. The lowest BCUT2D eigenvalue weighted by Gasteiger charge is -2.23. The van der Waals surface area contributed by atoms with Gasteiger partial charge in [-0.3, -0.25) is 4.79 Å². The van der Waals surface area contributed by atoms with Gasteiger partial charge in [0.1, 0.15) is 0 Å². The van der Waals surface area contributed by atoms with Crippen LogP contribution in [-0.4, -0.2) is 29.1 Å².